The van der Waals surface area contributed by atoms with E-state index in [1.807, 2.05) is 78.9 Å². The average Bonchev–Trinajstić information content (AvgIpc) is 3.82. The molecule has 5 heteroatoms. The molecule has 0 saturated carbocycles. The standard InChI is InChI=1S/C44H29N3O2/c1-2-14-36(15-3-1)47(37-24-20-30(21-25-37)32-10-8-12-34(28-32)43-45-39-16-4-6-18-41(39)48-43)38-26-22-31(23-27-38)33-11-9-13-35(29-33)44-46-40-17-5-7-19-42(40)49-44/h1-29H. The van der Waals surface area contributed by atoms with Gasteiger partial charge < -0.3 is 13.7 Å². The number of fused-ring (bicyclic) bond motifs is 2. The summed E-state index contributed by atoms with van der Waals surface area (Å²) in [5, 5.41) is 0. The zero-order chi connectivity index (χ0) is 32.6. The zero-order valence-corrected chi connectivity index (χ0v) is 26.4. The molecule has 232 valence electrons. The van der Waals surface area contributed by atoms with Crippen LogP contribution in [-0.4, -0.2) is 9.97 Å². The second-order valence-corrected chi connectivity index (χ2v) is 11.9. The van der Waals surface area contributed by atoms with Crippen molar-refractivity contribution >= 4 is 39.3 Å². The normalized spacial score (nSPS) is 11.3. The first-order valence-electron chi connectivity index (χ1n) is 16.2. The topological polar surface area (TPSA) is 55.3 Å². The van der Waals surface area contributed by atoms with Gasteiger partial charge in [0.2, 0.25) is 11.8 Å². The van der Waals surface area contributed by atoms with Crippen molar-refractivity contribution in [1.82, 2.24) is 9.97 Å². The van der Waals surface area contributed by atoms with Crippen molar-refractivity contribution in [1.29, 1.82) is 0 Å². The molecule has 0 atom stereocenters. The molecule has 7 aromatic carbocycles. The number of benzene rings is 7. The Kier molecular flexibility index (Phi) is 7.06. The SMILES string of the molecule is c1ccc(N(c2ccc(-c3cccc(-c4nc5ccccc5o4)c3)cc2)c2ccc(-c3cccc(-c4nc5ccccc5o4)c3)cc2)cc1. The van der Waals surface area contributed by atoms with E-state index >= 15 is 0 Å². The smallest absolute Gasteiger partial charge is 0.227 e. The summed E-state index contributed by atoms with van der Waals surface area (Å²) in [6.45, 7) is 0. The van der Waals surface area contributed by atoms with Crippen molar-refractivity contribution in [2.24, 2.45) is 0 Å². The first-order valence-corrected chi connectivity index (χ1v) is 16.2. The monoisotopic (exact) mass is 631 g/mol. The summed E-state index contributed by atoms with van der Waals surface area (Å²) in [5.74, 6) is 1.24. The summed E-state index contributed by atoms with van der Waals surface area (Å²) >= 11 is 0. The van der Waals surface area contributed by atoms with Gasteiger partial charge in [0.1, 0.15) is 11.0 Å². The van der Waals surface area contributed by atoms with Crippen LogP contribution in [0.4, 0.5) is 17.1 Å². The van der Waals surface area contributed by atoms with Crippen LogP contribution in [0.1, 0.15) is 0 Å². The van der Waals surface area contributed by atoms with E-state index in [-0.39, 0.29) is 0 Å². The maximum absolute atomic E-state index is 6.04. The summed E-state index contributed by atoms with van der Waals surface area (Å²) in [4.78, 5) is 11.7. The highest BCUT2D eigenvalue weighted by atomic mass is 16.4. The predicted octanol–water partition coefficient (Wildman–Crippen LogP) is 12.1. The van der Waals surface area contributed by atoms with Crippen molar-refractivity contribution in [3.8, 4) is 45.2 Å². The van der Waals surface area contributed by atoms with Gasteiger partial charge in [0, 0.05) is 28.2 Å². The molecule has 0 bridgehead atoms. The van der Waals surface area contributed by atoms with E-state index in [2.05, 4.69) is 102 Å². The highest BCUT2D eigenvalue weighted by Crippen LogP contribution is 2.37. The predicted molar refractivity (Wildman–Crippen MR) is 198 cm³/mol. The number of nitrogens with zero attached hydrogens (tertiary/aromatic N) is 3. The first-order chi connectivity index (χ1) is 24.2. The lowest BCUT2D eigenvalue weighted by molar-refractivity contribution is 0.619. The number of hydrogen-bond donors (Lipinski definition) is 0. The van der Waals surface area contributed by atoms with E-state index in [1.165, 1.54) is 0 Å². The summed E-state index contributed by atoms with van der Waals surface area (Å²) in [6, 6.07) is 60.2. The molecule has 0 aliphatic rings. The minimum Gasteiger partial charge on any atom is -0.436 e. The van der Waals surface area contributed by atoms with Crippen LogP contribution in [0.2, 0.25) is 0 Å². The van der Waals surface area contributed by atoms with Gasteiger partial charge in [-0.05, 0) is 107 Å². The summed E-state index contributed by atoms with van der Waals surface area (Å²) in [5.41, 5.74) is 12.8. The number of anilines is 3. The molecule has 9 rings (SSSR count). The van der Waals surface area contributed by atoms with Gasteiger partial charge in [-0.15, -0.1) is 0 Å². The second-order valence-electron chi connectivity index (χ2n) is 11.9. The molecule has 9 aromatic rings. The molecule has 0 spiro atoms. The van der Waals surface area contributed by atoms with Crippen molar-refractivity contribution in [2.75, 3.05) is 4.90 Å². The lowest BCUT2D eigenvalue weighted by Crippen LogP contribution is -2.09. The average molecular weight is 632 g/mol. The van der Waals surface area contributed by atoms with Crippen LogP contribution in [0.3, 0.4) is 0 Å². The molecular formula is C44H29N3O2. The van der Waals surface area contributed by atoms with E-state index in [9.17, 15) is 0 Å². The fourth-order valence-electron chi connectivity index (χ4n) is 6.29. The molecule has 0 aliphatic carbocycles. The highest BCUT2D eigenvalue weighted by molar-refractivity contribution is 5.82. The Bertz CT molecular complexity index is 2320. The van der Waals surface area contributed by atoms with Crippen LogP contribution in [0.5, 0.6) is 0 Å². The molecule has 2 aromatic heterocycles. The molecule has 0 N–H and O–H groups in total. The van der Waals surface area contributed by atoms with E-state index in [4.69, 9.17) is 18.8 Å². The van der Waals surface area contributed by atoms with Gasteiger partial charge in [-0.1, -0.05) is 91.0 Å². The van der Waals surface area contributed by atoms with Gasteiger partial charge in [-0.25, -0.2) is 9.97 Å². The van der Waals surface area contributed by atoms with E-state index in [0.717, 1.165) is 72.6 Å². The first kappa shape index (κ1) is 28.5. The van der Waals surface area contributed by atoms with Crippen LogP contribution >= 0.6 is 0 Å². The number of rotatable bonds is 7. The van der Waals surface area contributed by atoms with Crippen LogP contribution in [0, 0.1) is 0 Å². The molecule has 0 unspecified atom stereocenters. The van der Waals surface area contributed by atoms with Crippen molar-refractivity contribution in [2.45, 2.75) is 0 Å². The number of para-hydroxylation sites is 5. The zero-order valence-electron chi connectivity index (χ0n) is 26.4. The lowest BCUT2D eigenvalue weighted by Gasteiger charge is -2.26. The lowest BCUT2D eigenvalue weighted by atomic mass is 10.0. The maximum atomic E-state index is 6.04. The Morgan fingerprint density at radius 3 is 1.20 bits per heavy atom. The van der Waals surface area contributed by atoms with E-state index in [0.29, 0.717) is 11.8 Å². The van der Waals surface area contributed by atoms with Gasteiger partial charge in [0.05, 0.1) is 0 Å². The van der Waals surface area contributed by atoms with Crippen LogP contribution in [-0.2, 0) is 0 Å². The molecular weight excluding hydrogens is 603 g/mol. The quantitative estimate of drug-likeness (QED) is 0.175. The van der Waals surface area contributed by atoms with Crippen molar-refractivity contribution in [3.05, 3.63) is 176 Å². The Morgan fingerprint density at radius 2 is 0.735 bits per heavy atom. The second kappa shape index (κ2) is 12.1. The molecule has 0 radical (unpaired) electrons. The third-order valence-corrected chi connectivity index (χ3v) is 8.74. The highest BCUT2D eigenvalue weighted by Gasteiger charge is 2.15. The van der Waals surface area contributed by atoms with E-state index < -0.39 is 0 Å². The number of aromatic nitrogens is 2. The maximum Gasteiger partial charge on any atom is 0.227 e. The van der Waals surface area contributed by atoms with Crippen molar-refractivity contribution in [3.63, 3.8) is 0 Å². The fraction of sp³-hybridized carbons (Fsp3) is 0. The van der Waals surface area contributed by atoms with Crippen molar-refractivity contribution < 1.29 is 8.83 Å². The number of oxazole rings is 2. The fourth-order valence-corrected chi connectivity index (χ4v) is 6.29. The molecule has 2 heterocycles. The van der Waals surface area contributed by atoms with Gasteiger partial charge in [-0.3, -0.25) is 0 Å². The third kappa shape index (κ3) is 5.53. The Hall–Kier alpha value is -6.72. The van der Waals surface area contributed by atoms with Gasteiger partial charge in [0.25, 0.3) is 0 Å². The summed E-state index contributed by atoms with van der Waals surface area (Å²) < 4.78 is 12.1. The molecule has 5 nitrogen and oxygen atoms in total. The third-order valence-electron chi connectivity index (χ3n) is 8.74. The number of hydrogen-bond acceptors (Lipinski definition) is 5. The minimum atomic E-state index is 0.622. The van der Waals surface area contributed by atoms with Crippen LogP contribution < -0.4 is 4.90 Å². The van der Waals surface area contributed by atoms with Gasteiger partial charge in [0.15, 0.2) is 11.2 Å². The molecule has 0 aliphatic heterocycles. The van der Waals surface area contributed by atoms with Gasteiger partial charge >= 0.3 is 0 Å². The molecule has 0 saturated heterocycles. The minimum absolute atomic E-state index is 0.622. The Labute approximate surface area is 283 Å². The Morgan fingerprint density at radius 1 is 0.327 bits per heavy atom. The molecule has 49 heavy (non-hydrogen) atoms. The largest absolute Gasteiger partial charge is 0.436 e. The van der Waals surface area contributed by atoms with Crippen LogP contribution in [0.15, 0.2) is 185 Å². The van der Waals surface area contributed by atoms with Gasteiger partial charge in [-0.2, -0.15) is 0 Å². The van der Waals surface area contributed by atoms with E-state index in [1.54, 1.807) is 0 Å². The van der Waals surface area contributed by atoms with Crippen LogP contribution in [0.25, 0.3) is 67.4 Å². The molecule has 0 fully saturated rings. The summed E-state index contributed by atoms with van der Waals surface area (Å²) in [6.07, 6.45) is 0. The summed E-state index contributed by atoms with van der Waals surface area (Å²) in [7, 11) is 0. The molecule has 0 amide bonds. The Balaban J connectivity index is 1.01.